The smallest absolute Gasteiger partial charge is 0.272 e. The minimum atomic E-state index is -0.334. The number of likely N-dealkylation sites (N-methyl/N-ethyl adjacent to an activating group) is 1. The Balaban J connectivity index is 2.32. The molecular formula is C15H15BrN2O2. The summed E-state index contributed by atoms with van der Waals surface area (Å²) in [4.78, 5) is 10.8. The highest BCUT2D eigenvalue weighted by Crippen LogP contribution is 2.27. The summed E-state index contributed by atoms with van der Waals surface area (Å²) in [6.07, 6.45) is 0.566. The summed E-state index contributed by atoms with van der Waals surface area (Å²) in [5.41, 5.74) is 1.99. The molecule has 0 bridgehead atoms. The molecular weight excluding hydrogens is 320 g/mol. The Morgan fingerprint density at radius 3 is 2.55 bits per heavy atom. The van der Waals surface area contributed by atoms with E-state index in [1.807, 2.05) is 43.4 Å². The van der Waals surface area contributed by atoms with Gasteiger partial charge in [0.1, 0.15) is 0 Å². The van der Waals surface area contributed by atoms with Gasteiger partial charge in [-0.25, -0.2) is 0 Å². The Kier molecular flexibility index (Phi) is 4.87. The van der Waals surface area contributed by atoms with Gasteiger partial charge in [-0.05, 0) is 31.2 Å². The molecule has 0 aliphatic rings. The number of nitrogens with one attached hydrogen (secondary N) is 1. The minimum Gasteiger partial charge on any atom is -0.313 e. The molecule has 5 heteroatoms. The largest absolute Gasteiger partial charge is 0.313 e. The lowest BCUT2D eigenvalue weighted by molar-refractivity contribution is -0.385. The molecule has 0 aliphatic carbocycles. The van der Waals surface area contributed by atoms with E-state index in [1.165, 1.54) is 6.07 Å². The van der Waals surface area contributed by atoms with Crippen LogP contribution in [0.1, 0.15) is 17.2 Å². The summed E-state index contributed by atoms with van der Waals surface area (Å²) in [7, 11) is 1.86. The lowest BCUT2D eigenvalue weighted by Crippen LogP contribution is -2.19. The van der Waals surface area contributed by atoms with Crippen molar-refractivity contribution < 1.29 is 4.92 Å². The van der Waals surface area contributed by atoms with Crippen LogP contribution in [0.25, 0.3) is 0 Å². The molecule has 2 aromatic rings. The molecule has 0 fully saturated rings. The Hall–Kier alpha value is -1.72. The first-order valence-corrected chi connectivity index (χ1v) is 7.06. The number of nitrogens with zero attached hydrogens (tertiary/aromatic N) is 1. The van der Waals surface area contributed by atoms with E-state index in [0.29, 0.717) is 12.0 Å². The van der Waals surface area contributed by atoms with Crippen LogP contribution in [0.5, 0.6) is 0 Å². The maximum Gasteiger partial charge on any atom is 0.272 e. The fourth-order valence-corrected chi connectivity index (χ4v) is 2.60. The molecule has 0 heterocycles. The number of hydrogen-bond acceptors (Lipinski definition) is 3. The SMILES string of the molecule is CNC(Cc1cc(Br)ccc1[N+](=O)[O-])c1ccccc1. The third-order valence-corrected chi connectivity index (χ3v) is 3.71. The van der Waals surface area contributed by atoms with Crippen LogP contribution >= 0.6 is 15.9 Å². The molecule has 1 unspecified atom stereocenters. The third-order valence-electron chi connectivity index (χ3n) is 3.21. The Morgan fingerprint density at radius 1 is 1.25 bits per heavy atom. The van der Waals surface area contributed by atoms with Gasteiger partial charge in [-0.1, -0.05) is 46.3 Å². The van der Waals surface area contributed by atoms with E-state index in [0.717, 1.165) is 10.0 Å². The van der Waals surface area contributed by atoms with Crippen LogP contribution in [0, 0.1) is 10.1 Å². The second-order valence-corrected chi connectivity index (χ2v) is 5.40. The molecule has 0 radical (unpaired) electrons. The average molecular weight is 335 g/mol. The quantitative estimate of drug-likeness (QED) is 0.667. The van der Waals surface area contributed by atoms with Gasteiger partial charge in [-0.15, -0.1) is 0 Å². The van der Waals surface area contributed by atoms with Crippen LogP contribution in [0.3, 0.4) is 0 Å². The molecule has 2 rings (SSSR count). The molecule has 1 N–H and O–H groups in total. The van der Waals surface area contributed by atoms with Crippen molar-refractivity contribution in [3.8, 4) is 0 Å². The molecule has 1 atom stereocenters. The van der Waals surface area contributed by atoms with E-state index in [1.54, 1.807) is 6.07 Å². The van der Waals surface area contributed by atoms with E-state index < -0.39 is 0 Å². The molecule has 0 aromatic heterocycles. The summed E-state index contributed by atoms with van der Waals surface area (Å²) in [5.74, 6) is 0. The van der Waals surface area contributed by atoms with Crippen molar-refractivity contribution in [2.75, 3.05) is 7.05 Å². The van der Waals surface area contributed by atoms with Crippen molar-refractivity contribution in [1.29, 1.82) is 0 Å². The minimum absolute atomic E-state index is 0.0456. The monoisotopic (exact) mass is 334 g/mol. The van der Waals surface area contributed by atoms with E-state index in [2.05, 4.69) is 21.2 Å². The highest BCUT2D eigenvalue weighted by atomic mass is 79.9. The highest BCUT2D eigenvalue weighted by Gasteiger charge is 2.18. The molecule has 4 nitrogen and oxygen atoms in total. The first-order valence-electron chi connectivity index (χ1n) is 6.27. The number of halogens is 1. The predicted octanol–water partition coefficient (Wildman–Crippen LogP) is 3.86. The maximum atomic E-state index is 11.1. The molecule has 0 aliphatic heterocycles. The van der Waals surface area contributed by atoms with Crippen LogP contribution in [-0.2, 0) is 6.42 Å². The molecule has 0 saturated heterocycles. The second kappa shape index (κ2) is 6.63. The first-order chi connectivity index (χ1) is 9.61. The van der Waals surface area contributed by atoms with Crippen molar-refractivity contribution in [2.45, 2.75) is 12.5 Å². The number of hydrogen-bond donors (Lipinski definition) is 1. The molecule has 0 amide bonds. The Labute approximate surface area is 126 Å². The predicted molar refractivity (Wildman–Crippen MR) is 82.7 cm³/mol. The van der Waals surface area contributed by atoms with Crippen LogP contribution in [0.2, 0.25) is 0 Å². The van der Waals surface area contributed by atoms with Gasteiger partial charge in [0.25, 0.3) is 5.69 Å². The highest BCUT2D eigenvalue weighted by molar-refractivity contribution is 9.10. The topological polar surface area (TPSA) is 55.2 Å². The molecule has 20 heavy (non-hydrogen) atoms. The van der Waals surface area contributed by atoms with Gasteiger partial charge in [0.2, 0.25) is 0 Å². The zero-order valence-electron chi connectivity index (χ0n) is 11.0. The van der Waals surface area contributed by atoms with Gasteiger partial charge in [0, 0.05) is 22.1 Å². The number of benzene rings is 2. The number of nitro groups is 1. The standard InChI is InChI=1S/C15H15BrN2O2/c1-17-14(11-5-3-2-4-6-11)10-12-9-13(16)7-8-15(12)18(19)20/h2-9,14,17H,10H2,1H3. The van der Waals surface area contributed by atoms with Crippen molar-refractivity contribution >= 4 is 21.6 Å². The van der Waals surface area contributed by atoms with Gasteiger partial charge in [-0.2, -0.15) is 0 Å². The van der Waals surface area contributed by atoms with Gasteiger partial charge in [0.15, 0.2) is 0 Å². The molecule has 104 valence electrons. The Morgan fingerprint density at radius 2 is 1.95 bits per heavy atom. The lowest BCUT2D eigenvalue weighted by atomic mass is 9.98. The fourth-order valence-electron chi connectivity index (χ4n) is 2.19. The fraction of sp³-hybridized carbons (Fsp3) is 0.200. The normalized spacial score (nSPS) is 12.1. The third kappa shape index (κ3) is 3.43. The second-order valence-electron chi connectivity index (χ2n) is 4.49. The van der Waals surface area contributed by atoms with Crippen LogP contribution in [0.15, 0.2) is 53.0 Å². The van der Waals surface area contributed by atoms with Crippen molar-refractivity contribution in [2.24, 2.45) is 0 Å². The summed E-state index contributed by atoms with van der Waals surface area (Å²) in [6.45, 7) is 0. The van der Waals surface area contributed by atoms with E-state index in [4.69, 9.17) is 0 Å². The van der Waals surface area contributed by atoms with Crippen LogP contribution < -0.4 is 5.32 Å². The summed E-state index contributed by atoms with van der Waals surface area (Å²) >= 11 is 3.37. The van der Waals surface area contributed by atoms with Gasteiger partial charge >= 0.3 is 0 Å². The van der Waals surface area contributed by atoms with Crippen molar-refractivity contribution in [3.63, 3.8) is 0 Å². The summed E-state index contributed by atoms with van der Waals surface area (Å²) < 4.78 is 0.848. The zero-order chi connectivity index (χ0) is 14.5. The zero-order valence-corrected chi connectivity index (χ0v) is 12.6. The molecule has 0 saturated carbocycles. The number of rotatable bonds is 5. The van der Waals surface area contributed by atoms with Gasteiger partial charge in [-0.3, -0.25) is 10.1 Å². The number of nitro benzene ring substituents is 1. The van der Waals surface area contributed by atoms with E-state index in [-0.39, 0.29) is 16.7 Å². The van der Waals surface area contributed by atoms with E-state index in [9.17, 15) is 10.1 Å². The van der Waals surface area contributed by atoms with Gasteiger partial charge < -0.3 is 5.32 Å². The average Bonchev–Trinajstić information content (AvgIpc) is 2.45. The molecule has 2 aromatic carbocycles. The Bertz CT molecular complexity index is 602. The van der Waals surface area contributed by atoms with E-state index >= 15 is 0 Å². The van der Waals surface area contributed by atoms with Gasteiger partial charge in [0.05, 0.1) is 4.92 Å². The lowest BCUT2D eigenvalue weighted by Gasteiger charge is -2.17. The first kappa shape index (κ1) is 14.7. The van der Waals surface area contributed by atoms with Crippen molar-refractivity contribution in [1.82, 2.24) is 5.32 Å². The van der Waals surface area contributed by atoms with Crippen molar-refractivity contribution in [3.05, 3.63) is 74.2 Å². The molecule has 0 spiro atoms. The van der Waals surface area contributed by atoms with Crippen LogP contribution in [-0.4, -0.2) is 12.0 Å². The van der Waals surface area contributed by atoms with Crippen LogP contribution in [0.4, 0.5) is 5.69 Å². The maximum absolute atomic E-state index is 11.1. The summed E-state index contributed by atoms with van der Waals surface area (Å²) in [5, 5.41) is 14.3. The summed E-state index contributed by atoms with van der Waals surface area (Å²) in [6, 6.07) is 15.0.